The minimum Gasteiger partial charge on any atom is -0.375 e. The Morgan fingerprint density at radius 1 is 0.852 bits per heavy atom. The molecule has 4 unspecified atom stereocenters. The maximum Gasteiger partial charge on any atom is 0.0717 e. The fraction of sp³-hybridized carbons (Fsp3) is 0.520. The number of hydrogen-bond acceptors (Lipinski definition) is 2. The van der Waals surface area contributed by atoms with Gasteiger partial charge in [-0.1, -0.05) is 81.4 Å². The third-order valence-corrected chi connectivity index (χ3v) is 6.48. The zero-order valence-corrected chi connectivity index (χ0v) is 17.2. The van der Waals surface area contributed by atoms with Gasteiger partial charge >= 0.3 is 0 Å². The number of hydrogen-bond donors (Lipinski definition) is 0. The SMILES string of the molecule is CC1CN(CCCc2ccccc2)C(COCc2ccccc2)C(C)C1C. The molecule has 0 bridgehead atoms. The number of benzene rings is 2. The number of piperidine rings is 1. The molecule has 1 saturated heterocycles. The van der Waals surface area contributed by atoms with Crippen molar-refractivity contribution >= 4 is 0 Å². The van der Waals surface area contributed by atoms with E-state index >= 15 is 0 Å². The molecule has 0 aliphatic carbocycles. The van der Waals surface area contributed by atoms with E-state index in [0.29, 0.717) is 18.6 Å². The number of rotatable bonds is 8. The molecule has 146 valence electrons. The summed E-state index contributed by atoms with van der Waals surface area (Å²) in [7, 11) is 0. The Bertz CT molecular complexity index is 657. The normalized spacial score (nSPS) is 26.2. The van der Waals surface area contributed by atoms with Crippen molar-refractivity contribution in [3.05, 3.63) is 71.8 Å². The number of ether oxygens (including phenoxy) is 1. The molecule has 3 rings (SSSR count). The lowest BCUT2D eigenvalue weighted by molar-refractivity contribution is -0.0309. The van der Waals surface area contributed by atoms with Crippen LogP contribution in [0.5, 0.6) is 0 Å². The van der Waals surface area contributed by atoms with Crippen molar-refractivity contribution in [2.24, 2.45) is 17.8 Å². The molecule has 27 heavy (non-hydrogen) atoms. The molecule has 1 aliphatic rings. The van der Waals surface area contributed by atoms with Crippen LogP contribution in [0.15, 0.2) is 60.7 Å². The summed E-state index contributed by atoms with van der Waals surface area (Å²) < 4.78 is 6.17. The Hall–Kier alpha value is -1.64. The highest BCUT2D eigenvalue weighted by molar-refractivity contribution is 5.15. The second-order valence-electron chi connectivity index (χ2n) is 8.35. The Morgan fingerprint density at radius 2 is 1.48 bits per heavy atom. The van der Waals surface area contributed by atoms with Crippen molar-refractivity contribution in [2.75, 3.05) is 19.7 Å². The van der Waals surface area contributed by atoms with Crippen LogP contribution >= 0.6 is 0 Å². The van der Waals surface area contributed by atoms with Crippen LogP contribution in [0.4, 0.5) is 0 Å². The van der Waals surface area contributed by atoms with Gasteiger partial charge < -0.3 is 4.74 Å². The predicted octanol–water partition coefficient (Wildman–Crippen LogP) is 5.43. The lowest BCUT2D eigenvalue weighted by Gasteiger charge is -2.46. The molecular formula is C25H35NO. The summed E-state index contributed by atoms with van der Waals surface area (Å²) in [5, 5.41) is 0. The van der Waals surface area contributed by atoms with Crippen LogP contribution in [-0.2, 0) is 17.8 Å². The lowest BCUT2D eigenvalue weighted by Crippen LogP contribution is -2.53. The van der Waals surface area contributed by atoms with Gasteiger partial charge in [0.05, 0.1) is 13.2 Å². The highest BCUT2D eigenvalue weighted by Crippen LogP contribution is 2.33. The molecule has 0 aromatic heterocycles. The van der Waals surface area contributed by atoms with Gasteiger partial charge in [-0.2, -0.15) is 0 Å². The molecule has 0 radical (unpaired) electrons. The summed E-state index contributed by atoms with van der Waals surface area (Å²) in [6.45, 7) is 11.1. The van der Waals surface area contributed by atoms with Gasteiger partial charge in [-0.3, -0.25) is 4.90 Å². The fourth-order valence-electron chi connectivity index (χ4n) is 4.39. The van der Waals surface area contributed by atoms with E-state index in [1.165, 1.54) is 24.1 Å². The summed E-state index contributed by atoms with van der Waals surface area (Å²) in [4.78, 5) is 2.70. The Morgan fingerprint density at radius 3 is 2.15 bits per heavy atom. The van der Waals surface area contributed by atoms with Gasteiger partial charge in [0.15, 0.2) is 0 Å². The van der Waals surface area contributed by atoms with Crippen LogP contribution < -0.4 is 0 Å². The van der Waals surface area contributed by atoms with Crippen molar-refractivity contribution in [2.45, 2.75) is 46.3 Å². The maximum absolute atomic E-state index is 6.17. The van der Waals surface area contributed by atoms with Gasteiger partial charge in [-0.05, 0) is 48.3 Å². The fourth-order valence-corrected chi connectivity index (χ4v) is 4.39. The molecule has 0 spiro atoms. The molecule has 0 amide bonds. The third kappa shape index (κ3) is 5.67. The average molecular weight is 366 g/mol. The van der Waals surface area contributed by atoms with E-state index in [-0.39, 0.29) is 0 Å². The van der Waals surface area contributed by atoms with Crippen LogP contribution in [0.25, 0.3) is 0 Å². The van der Waals surface area contributed by atoms with E-state index < -0.39 is 0 Å². The first kappa shape index (κ1) is 20.1. The quantitative estimate of drug-likeness (QED) is 0.618. The van der Waals surface area contributed by atoms with Gasteiger partial charge in [0, 0.05) is 12.6 Å². The molecule has 1 aliphatic heterocycles. The van der Waals surface area contributed by atoms with Crippen LogP contribution in [-0.4, -0.2) is 30.6 Å². The molecule has 2 nitrogen and oxygen atoms in total. The molecule has 2 heteroatoms. The number of aryl methyl sites for hydroxylation is 1. The van der Waals surface area contributed by atoms with E-state index in [2.05, 4.69) is 86.3 Å². The average Bonchev–Trinajstić information content (AvgIpc) is 2.70. The van der Waals surface area contributed by atoms with Crippen LogP contribution in [0.2, 0.25) is 0 Å². The number of nitrogens with zero attached hydrogens (tertiary/aromatic N) is 1. The molecular weight excluding hydrogens is 330 g/mol. The molecule has 2 aromatic rings. The first-order chi connectivity index (χ1) is 13.1. The smallest absolute Gasteiger partial charge is 0.0717 e. The number of likely N-dealkylation sites (tertiary alicyclic amines) is 1. The lowest BCUT2D eigenvalue weighted by atomic mass is 9.76. The first-order valence-electron chi connectivity index (χ1n) is 10.5. The van der Waals surface area contributed by atoms with Crippen LogP contribution in [0, 0.1) is 17.8 Å². The van der Waals surface area contributed by atoms with Crippen molar-refractivity contribution in [3.8, 4) is 0 Å². The zero-order chi connectivity index (χ0) is 19.1. The highest BCUT2D eigenvalue weighted by Gasteiger charge is 2.36. The second kappa shape index (κ2) is 10.1. The third-order valence-electron chi connectivity index (χ3n) is 6.48. The van der Waals surface area contributed by atoms with Crippen molar-refractivity contribution in [1.82, 2.24) is 4.90 Å². The van der Waals surface area contributed by atoms with Crippen molar-refractivity contribution in [1.29, 1.82) is 0 Å². The van der Waals surface area contributed by atoms with Gasteiger partial charge in [0.2, 0.25) is 0 Å². The van der Waals surface area contributed by atoms with Gasteiger partial charge in [0.25, 0.3) is 0 Å². The van der Waals surface area contributed by atoms with E-state index in [9.17, 15) is 0 Å². The van der Waals surface area contributed by atoms with Crippen molar-refractivity contribution in [3.63, 3.8) is 0 Å². The standard InChI is InChI=1S/C25H35NO/c1-20-17-26(16-10-15-23-11-6-4-7-12-23)25(22(3)21(20)2)19-27-18-24-13-8-5-9-14-24/h4-9,11-14,20-22,25H,10,15-19H2,1-3H3. The minimum atomic E-state index is 0.524. The molecule has 4 atom stereocenters. The monoisotopic (exact) mass is 365 g/mol. The Kier molecular flexibility index (Phi) is 7.49. The summed E-state index contributed by atoms with van der Waals surface area (Å²) in [5.41, 5.74) is 2.71. The van der Waals surface area contributed by atoms with E-state index in [4.69, 9.17) is 4.74 Å². The summed E-state index contributed by atoms with van der Waals surface area (Å²) in [5.74, 6) is 2.17. The van der Waals surface area contributed by atoms with Crippen LogP contribution in [0.1, 0.15) is 38.3 Å². The van der Waals surface area contributed by atoms with Gasteiger partial charge in [-0.25, -0.2) is 0 Å². The van der Waals surface area contributed by atoms with E-state index in [1.54, 1.807) is 0 Å². The predicted molar refractivity (Wildman–Crippen MR) is 114 cm³/mol. The zero-order valence-electron chi connectivity index (χ0n) is 17.2. The Labute approximate surface area is 165 Å². The molecule has 0 N–H and O–H groups in total. The van der Waals surface area contributed by atoms with E-state index in [1.807, 2.05) is 0 Å². The Balaban J connectivity index is 1.54. The second-order valence-corrected chi connectivity index (χ2v) is 8.35. The summed E-state index contributed by atoms with van der Waals surface area (Å²) in [6, 6.07) is 21.9. The highest BCUT2D eigenvalue weighted by atomic mass is 16.5. The molecule has 0 saturated carbocycles. The van der Waals surface area contributed by atoms with Gasteiger partial charge in [-0.15, -0.1) is 0 Å². The van der Waals surface area contributed by atoms with E-state index in [0.717, 1.165) is 31.4 Å². The first-order valence-corrected chi connectivity index (χ1v) is 10.5. The van der Waals surface area contributed by atoms with Crippen molar-refractivity contribution < 1.29 is 4.74 Å². The molecule has 1 heterocycles. The topological polar surface area (TPSA) is 12.5 Å². The molecule has 1 fully saturated rings. The van der Waals surface area contributed by atoms with Gasteiger partial charge in [0.1, 0.15) is 0 Å². The largest absolute Gasteiger partial charge is 0.375 e. The van der Waals surface area contributed by atoms with Crippen LogP contribution in [0.3, 0.4) is 0 Å². The summed E-state index contributed by atoms with van der Waals surface area (Å²) in [6.07, 6.45) is 2.38. The minimum absolute atomic E-state index is 0.524. The maximum atomic E-state index is 6.17. The molecule has 2 aromatic carbocycles. The summed E-state index contributed by atoms with van der Waals surface area (Å²) >= 11 is 0.